The van der Waals surface area contributed by atoms with Crippen molar-refractivity contribution in [2.45, 2.75) is 18.9 Å². The van der Waals surface area contributed by atoms with Gasteiger partial charge in [-0.05, 0) is 49.2 Å². The van der Waals surface area contributed by atoms with Crippen molar-refractivity contribution in [1.82, 2.24) is 14.4 Å². The van der Waals surface area contributed by atoms with Gasteiger partial charge in [-0.3, -0.25) is 9.69 Å². The van der Waals surface area contributed by atoms with Crippen molar-refractivity contribution in [3.63, 3.8) is 0 Å². The molecule has 2 heterocycles. The van der Waals surface area contributed by atoms with Crippen LogP contribution in [-0.4, -0.2) is 52.5 Å². The SMILES string of the molecule is O=C(c1ccc(-n2cccc2)cc1)N1CCN(C2CC2)CC1. The highest BCUT2D eigenvalue weighted by Crippen LogP contribution is 2.27. The molecule has 22 heavy (non-hydrogen) atoms. The van der Waals surface area contributed by atoms with E-state index in [-0.39, 0.29) is 5.91 Å². The summed E-state index contributed by atoms with van der Waals surface area (Å²) in [6, 6.07) is 12.7. The van der Waals surface area contributed by atoms with Crippen LogP contribution in [0.15, 0.2) is 48.8 Å². The minimum atomic E-state index is 0.162. The highest BCUT2D eigenvalue weighted by Gasteiger charge is 2.32. The first-order valence-electron chi connectivity index (χ1n) is 8.08. The Labute approximate surface area is 130 Å². The quantitative estimate of drug-likeness (QED) is 0.870. The Morgan fingerprint density at radius 1 is 0.909 bits per heavy atom. The Morgan fingerprint density at radius 3 is 2.14 bits per heavy atom. The van der Waals surface area contributed by atoms with Crippen LogP contribution in [-0.2, 0) is 0 Å². The summed E-state index contributed by atoms with van der Waals surface area (Å²) in [7, 11) is 0. The van der Waals surface area contributed by atoms with Crippen molar-refractivity contribution in [1.29, 1.82) is 0 Å². The van der Waals surface area contributed by atoms with Crippen LogP contribution >= 0.6 is 0 Å². The topological polar surface area (TPSA) is 28.5 Å². The van der Waals surface area contributed by atoms with E-state index in [0.29, 0.717) is 0 Å². The molecule has 1 aliphatic heterocycles. The zero-order valence-corrected chi connectivity index (χ0v) is 12.7. The lowest BCUT2D eigenvalue weighted by atomic mass is 10.1. The summed E-state index contributed by atoms with van der Waals surface area (Å²) in [6.07, 6.45) is 6.70. The molecule has 0 radical (unpaired) electrons. The van der Waals surface area contributed by atoms with Crippen molar-refractivity contribution in [2.24, 2.45) is 0 Å². The third kappa shape index (κ3) is 2.66. The van der Waals surface area contributed by atoms with E-state index in [1.165, 1.54) is 12.8 Å². The summed E-state index contributed by atoms with van der Waals surface area (Å²) in [5, 5.41) is 0. The minimum Gasteiger partial charge on any atom is -0.336 e. The molecule has 2 fully saturated rings. The first kappa shape index (κ1) is 13.6. The van der Waals surface area contributed by atoms with E-state index in [1.807, 2.05) is 58.3 Å². The summed E-state index contributed by atoms with van der Waals surface area (Å²) in [4.78, 5) is 17.1. The second kappa shape index (κ2) is 5.61. The molecule has 2 aromatic rings. The Hall–Kier alpha value is -2.07. The fraction of sp³-hybridized carbons (Fsp3) is 0.389. The molecular weight excluding hydrogens is 274 g/mol. The average Bonchev–Trinajstić information content (AvgIpc) is 3.29. The van der Waals surface area contributed by atoms with Gasteiger partial charge < -0.3 is 9.47 Å². The van der Waals surface area contributed by atoms with E-state index < -0.39 is 0 Å². The third-order valence-corrected chi connectivity index (χ3v) is 4.68. The van der Waals surface area contributed by atoms with E-state index in [1.54, 1.807) is 0 Å². The molecule has 0 bridgehead atoms. The summed E-state index contributed by atoms with van der Waals surface area (Å²) in [6.45, 7) is 3.76. The first-order chi connectivity index (χ1) is 10.8. The van der Waals surface area contributed by atoms with Gasteiger partial charge in [-0.1, -0.05) is 0 Å². The van der Waals surface area contributed by atoms with Crippen LogP contribution in [0.4, 0.5) is 0 Å². The van der Waals surface area contributed by atoms with Crippen LogP contribution in [0.2, 0.25) is 0 Å². The van der Waals surface area contributed by atoms with E-state index in [0.717, 1.165) is 43.5 Å². The van der Waals surface area contributed by atoms with Gasteiger partial charge in [0.15, 0.2) is 0 Å². The Bertz CT molecular complexity index is 635. The fourth-order valence-corrected chi connectivity index (χ4v) is 3.20. The number of benzene rings is 1. The smallest absolute Gasteiger partial charge is 0.253 e. The van der Waals surface area contributed by atoms with Gasteiger partial charge in [-0.25, -0.2) is 0 Å². The molecule has 1 aromatic carbocycles. The molecule has 0 atom stereocenters. The molecule has 4 rings (SSSR count). The molecule has 2 aliphatic rings. The van der Waals surface area contributed by atoms with Gasteiger partial charge in [0.25, 0.3) is 5.91 Å². The first-order valence-corrected chi connectivity index (χ1v) is 8.08. The van der Waals surface area contributed by atoms with Gasteiger partial charge >= 0.3 is 0 Å². The zero-order valence-electron chi connectivity index (χ0n) is 12.7. The molecular formula is C18H21N3O. The number of hydrogen-bond donors (Lipinski definition) is 0. The minimum absolute atomic E-state index is 0.162. The Balaban J connectivity index is 1.42. The van der Waals surface area contributed by atoms with E-state index in [4.69, 9.17) is 0 Å². The number of nitrogens with zero attached hydrogens (tertiary/aromatic N) is 3. The third-order valence-electron chi connectivity index (χ3n) is 4.68. The molecule has 1 saturated heterocycles. The highest BCUT2D eigenvalue weighted by molar-refractivity contribution is 5.94. The fourth-order valence-electron chi connectivity index (χ4n) is 3.20. The number of carbonyl (C=O) groups is 1. The molecule has 0 N–H and O–H groups in total. The number of carbonyl (C=O) groups excluding carboxylic acids is 1. The molecule has 1 aromatic heterocycles. The number of aromatic nitrogens is 1. The highest BCUT2D eigenvalue weighted by atomic mass is 16.2. The molecule has 4 heteroatoms. The predicted octanol–water partition coefficient (Wildman–Crippen LogP) is 2.40. The summed E-state index contributed by atoms with van der Waals surface area (Å²) in [5.41, 5.74) is 1.87. The molecule has 0 spiro atoms. The second-order valence-corrected chi connectivity index (χ2v) is 6.20. The van der Waals surface area contributed by atoms with Crippen LogP contribution < -0.4 is 0 Å². The van der Waals surface area contributed by atoms with Crippen LogP contribution in [0.1, 0.15) is 23.2 Å². The van der Waals surface area contributed by atoms with Crippen LogP contribution in [0.5, 0.6) is 0 Å². The summed E-state index contributed by atoms with van der Waals surface area (Å²) in [5.74, 6) is 0.162. The molecule has 1 aliphatic carbocycles. The van der Waals surface area contributed by atoms with Gasteiger partial charge in [-0.2, -0.15) is 0 Å². The van der Waals surface area contributed by atoms with Crippen molar-refractivity contribution in [2.75, 3.05) is 26.2 Å². The molecule has 4 nitrogen and oxygen atoms in total. The van der Waals surface area contributed by atoms with Gasteiger partial charge in [0.2, 0.25) is 0 Å². The molecule has 1 amide bonds. The lowest BCUT2D eigenvalue weighted by Gasteiger charge is -2.34. The van der Waals surface area contributed by atoms with Crippen LogP contribution in [0.25, 0.3) is 5.69 Å². The van der Waals surface area contributed by atoms with Gasteiger partial charge in [0, 0.05) is 55.9 Å². The van der Waals surface area contributed by atoms with Gasteiger partial charge in [-0.15, -0.1) is 0 Å². The standard InChI is InChI=1S/C18H21N3O/c22-18(21-13-11-20(12-14-21)17-7-8-17)15-3-5-16(6-4-15)19-9-1-2-10-19/h1-6,9-10,17H,7-8,11-14H2. The van der Waals surface area contributed by atoms with Crippen LogP contribution in [0, 0.1) is 0 Å². The maximum atomic E-state index is 12.6. The number of hydrogen-bond acceptors (Lipinski definition) is 2. The maximum absolute atomic E-state index is 12.6. The molecule has 1 saturated carbocycles. The van der Waals surface area contributed by atoms with Crippen molar-refractivity contribution in [3.8, 4) is 5.69 Å². The number of rotatable bonds is 3. The molecule has 0 unspecified atom stereocenters. The predicted molar refractivity (Wildman–Crippen MR) is 86.3 cm³/mol. The van der Waals surface area contributed by atoms with E-state index in [2.05, 4.69) is 4.90 Å². The van der Waals surface area contributed by atoms with Crippen molar-refractivity contribution >= 4 is 5.91 Å². The maximum Gasteiger partial charge on any atom is 0.253 e. The van der Waals surface area contributed by atoms with E-state index >= 15 is 0 Å². The van der Waals surface area contributed by atoms with Crippen molar-refractivity contribution < 1.29 is 4.79 Å². The van der Waals surface area contributed by atoms with Gasteiger partial charge in [0.05, 0.1) is 0 Å². The lowest BCUT2D eigenvalue weighted by molar-refractivity contribution is 0.0627. The Morgan fingerprint density at radius 2 is 1.55 bits per heavy atom. The Kier molecular flexibility index (Phi) is 3.47. The average molecular weight is 295 g/mol. The summed E-state index contributed by atoms with van der Waals surface area (Å²) >= 11 is 0. The lowest BCUT2D eigenvalue weighted by Crippen LogP contribution is -2.49. The van der Waals surface area contributed by atoms with Crippen molar-refractivity contribution in [3.05, 3.63) is 54.4 Å². The number of piperazine rings is 1. The summed E-state index contributed by atoms with van der Waals surface area (Å²) < 4.78 is 2.04. The van der Waals surface area contributed by atoms with Gasteiger partial charge in [0.1, 0.15) is 0 Å². The monoisotopic (exact) mass is 295 g/mol. The van der Waals surface area contributed by atoms with E-state index in [9.17, 15) is 4.79 Å². The van der Waals surface area contributed by atoms with Crippen LogP contribution in [0.3, 0.4) is 0 Å². The largest absolute Gasteiger partial charge is 0.336 e. The zero-order chi connectivity index (χ0) is 14.9. The number of amides is 1. The molecule has 114 valence electrons. The normalized spacial score (nSPS) is 19.4. The second-order valence-electron chi connectivity index (χ2n) is 6.20.